The first kappa shape index (κ1) is 11.8. The number of benzene rings is 1. The minimum atomic E-state index is 0.483. The second-order valence-electron chi connectivity index (χ2n) is 3.96. The highest BCUT2D eigenvalue weighted by atomic mass is 16.5. The van der Waals surface area contributed by atoms with E-state index in [1.165, 1.54) is 5.56 Å². The monoisotopic (exact) mass is 231 g/mol. The number of aromatic nitrogens is 3. The van der Waals surface area contributed by atoms with E-state index >= 15 is 0 Å². The second-order valence-corrected chi connectivity index (χ2v) is 3.96. The Morgan fingerprint density at radius 1 is 1.24 bits per heavy atom. The fourth-order valence-electron chi connectivity index (χ4n) is 1.68. The van der Waals surface area contributed by atoms with Gasteiger partial charge in [0.15, 0.2) is 11.6 Å². The lowest BCUT2D eigenvalue weighted by Gasteiger charge is -1.97. The predicted molar refractivity (Wildman–Crippen MR) is 66.5 cm³/mol. The van der Waals surface area contributed by atoms with Gasteiger partial charge in [0.05, 0.1) is 0 Å². The number of methoxy groups -OCH3 is 1. The first-order chi connectivity index (χ1) is 8.24. The zero-order chi connectivity index (χ0) is 12.3. The third-order valence-electron chi connectivity index (χ3n) is 2.75. The van der Waals surface area contributed by atoms with Crippen LogP contribution in [0.4, 0.5) is 0 Å². The van der Waals surface area contributed by atoms with Crippen molar-refractivity contribution in [2.75, 3.05) is 7.11 Å². The van der Waals surface area contributed by atoms with E-state index in [2.05, 4.69) is 41.3 Å². The Hall–Kier alpha value is -1.68. The molecule has 0 aliphatic carbocycles. The zero-order valence-electron chi connectivity index (χ0n) is 10.5. The van der Waals surface area contributed by atoms with Gasteiger partial charge in [-0.05, 0) is 12.0 Å². The lowest BCUT2D eigenvalue weighted by Crippen LogP contribution is -2.00. The smallest absolute Gasteiger partial charge is 0.181 e. The van der Waals surface area contributed by atoms with Gasteiger partial charge in [-0.1, -0.05) is 31.2 Å². The molecule has 1 aromatic carbocycles. The molecule has 0 radical (unpaired) electrons. The molecule has 0 spiro atoms. The van der Waals surface area contributed by atoms with Crippen LogP contribution in [0.25, 0.3) is 11.4 Å². The van der Waals surface area contributed by atoms with E-state index in [9.17, 15) is 0 Å². The van der Waals surface area contributed by atoms with E-state index in [-0.39, 0.29) is 0 Å². The summed E-state index contributed by atoms with van der Waals surface area (Å²) in [5.74, 6) is 1.59. The third-order valence-corrected chi connectivity index (χ3v) is 2.75. The molecule has 0 fully saturated rings. The van der Waals surface area contributed by atoms with Crippen LogP contribution in [0.1, 0.15) is 18.3 Å². The third kappa shape index (κ3) is 2.53. The Morgan fingerprint density at radius 3 is 2.53 bits per heavy atom. The fourth-order valence-corrected chi connectivity index (χ4v) is 1.68. The lowest BCUT2D eigenvalue weighted by atomic mass is 10.1. The number of rotatable bonds is 4. The molecule has 0 saturated heterocycles. The van der Waals surface area contributed by atoms with Crippen LogP contribution in [0.15, 0.2) is 24.3 Å². The molecule has 0 aliphatic rings. The van der Waals surface area contributed by atoms with Crippen LogP contribution in [0.5, 0.6) is 0 Å². The summed E-state index contributed by atoms with van der Waals surface area (Å²) in [4.78, 5) is 4.45. The van der Waals surface area contributed by atoms with Crippen molar-refractivity contribution in [3.63, 3.8) is 0 Å². The van der Waals surface area contributed by atoms with Gasteiger partial charge < -0.3 is 4.74 Å². The Bertz CT molecular complexity index is 488. The van der Waals surface area contributed by atoms with Gasteiger partial charge in [0.25, 0.3) is 0 Å². The standard InChI is InChI=1S/C13H17N3O/c1-4-10-5-7-11(8-6-10)13-14-12(9-17-3)16(2)15-13/h5-8H,4,9H2,1-3H3. The van der Waals surface area contributed by atoms with Crippen molar-refractivity contribution in [2.45, 2.75) is 20.0 Å². The molecular weight excluding hydrogens is 214 g/mol. The van der Waals surface area contributed by atoms with Crippen LogP contribution in [0, 0.1) is 0 Å². The molecule has 4 nitrogen and oxygen atoms in total. The second kappa shape index (κ2) is 5.10. The molecule has 0 aliphatic heterocycles. The Balaban J connectivity index is 2.29. The van der Waals surface area contributed by atoms with Crippen molar-refractivity contribution >= 4 is 0 Å². The van der Waals surface area contributed by atoms with Crippen LogP contribution >= 0.6 is 0 Å². The van der Waals surface area contributed by atoms with E-state index < -0.39 is 0 Å². The molecule has 0 N–H and O–H groups in total. The Kier molecular flexibility index (Phi) is 3.54. The molecule has 0 amide bonds. The number of hydrogen-bond donors (Lipinski definition) is 0. The molecule has 0 unspecified atom stereocenters. The van der Waals surface area contributed by atoms with Crippen molar-refractivity contribution in [1.82, 2.24) is 14.8 Å². The fraction of sp³-hybridized carbons (Fsp3) is 0.385. The topological polar surface area (TPSA) is 39.9 Å². The van der Waals surface area contributed by atoms with Crippen molar-refractivity contribution < 1.29 is 4.74 Å². The largest absolute Gasteiger partial charge is 0.377 e. The summed E-state index contributed by atoms with van der Waals surface area (Å²) >= 11 is 0. The molecule has 4 heteroatoms. The van der Waals surface area contributed by atoms with Gasteiger partial charge in [-0.15, -0.1) is 0 Å². The summed E-state index contributed by atoms with van der Waals surface area (Å²) in [5.41, 5.74) is 2.36. The zero-order valence-corrected chi connectivity index (χ0v) is 10.5. The molecule has 2 rings (SSSR count). The maximum absolute atomic E-state index is 5.07. The van der Waals surface area contributed by atoms with Crippen LogP contribution in [-0.4, -0.2) is 21.9 Å². The lowest BCUT2D eigenvalue weighted by molar-refractivity contribution is 0.174. The Labute approximate surface area is 101 Å². The first-order valence-corrected chi connectivity index (χ1v) is 5.72. The SMILES string of the molecule is CCc1ccc(-c2nc(COC)n(C)n2)cc1. The van der Waals surface area contributed by atoms with Gasteiger partial charge in [-0.25, -0.2) is 4.98 Å². The highest BCUT2D eigenvalue weighted by molar-refractivity contribution is 5.55. The molecular formula is C13H17N3O. The summed E-state index contributed by atoms with van der Waals surface area (Å²) in [7, 11) is 3.54. The molecule has 0 saturated carbocycles. The van der Waals surface area contributed by atoms with E-state index in [0.717, 1.165) is 23.6 Å². The quantitative estimate of drug-likeness (QED) is 0.809. The summed E-state index contributed by atoms with van der Waals surface area (Å²) in [6, 6.07) is 8.35. The van der Waals surface area contributed by atoms with Crippen molar-refractivity contribution in [3.05, 3.63) is 35.7 Å². The molecule has 0 bridgehead atoms. The van der Waals surface area contributed by atoms with Gasteiger partial charge in [-0.2, -0.15) is 5.10 Å². The van der Waals surface area contributed by atoms with Crippen LogP contribution in [0.2, 0.25) is 0 Å². The molecule has 1 heterocycles. The van der Waals surface area contributed by atoms with E-state index in [1.807, 2.05) is 7.05 Å². The number of aryl methyl sites for hydroxylation is 2. The van der Waals surface area contributed by atoms with Gasteiger partial charge in [0.1, 0.15) is 6.61 Å². The molecule has 2 aromatic rings. The summed E-state index contributed by atoms with van der Waals surface area (Å²) in [6.45, 7) is 2.63. The highest BCUT2D eigenvalue weighted by Crippen LogP contribution is 2.16. The average molecular weight is 231 g/mol. The van der Waals surface area contributed by atoms with Crippen LogP contribution in [-0.2, 0) is 24.8 Å². The van der Waals surface area contributed by atoms with Crippen molar-refractivity contribution in [1.29, 1.82) is 0 Å². The predicted octanol–water partition coefficient (Wildman–Crippen LogP) is 2.19. The van der Waals surface area contributed by atoms with Crippen molar-refractivity contribution in [2.24, 2.45) is 7.05 Å². The average Bonchev–Trinajstić information content (AvgIpc) is 2.72. The first-order valence-electron chi connectivity index (χ1n) is 5.72. The molecule has 0 atom stereocenters. The van der Waals surface area contributed by atoms with E-state index in [0.29, 0.717) is 6.61 Å². The minimum Gasteiger partial charge on any atom is -0.377 e. The Morgan fingerprint density at radius 2 is 1.94 bits per heavy atom. The van der Waals surface area contributed by atoms with Crippen LogP contribution < -0.4 is 0 Å². The molecule has 90 valence electrons. The van der Waals surface area contributed by atoms with Gasteiger partial charge >= 0.3 is 0 Å². The van der Waals surface area contributed by atoms with Gasteiger partial charge in [-0.3, -0.25) is 4.68 Å². The number of hydrogen-bond acceptors (Lipinski definition) is 3. The number of nitrogens with zero attached hydrogens (tertiary/aromatic N) is 3. The maximum Gasteiger partial charge on any atom is 0.181 e. The molecule has 17 heavy (non-hydrogen) atoms. The van der Waals surface area contributed by atoms with E-state index in [4.69, 9.17) is 4.74 Å². The van der Waals surface area contributed by atoms with Crippen molar-refractivity contribution in [3.8, 4) is 11.4 Å². The minimum absolute atomic E-state index is 0.483. The number of ether oxygens (including phenoxy) is 1. The van der Waals surface area contributed by atoms with Gasteiger partial charge in [0, 0.05) is 19.7 Å². The van der Waals surface area contributed by atoms with Gasteiger partial charge in [0.2, 0.25) is 0 Å². The van der Waals surface area contributed by atoms with E-state index in [1.54, 1.807) is 11.8 Å². The molecule has 1 aromatic heterocycles. The summed E-state index contributed by atoms with van der Waals surface area (Å²) in [5, 5.41) is 4.38. The maximum atomic E-state index is 5.07. The normalized spacial score (nSPS) is 10.8. The highest BCUT2D eigenvalue weighted by Gasteiger charge is 2.08. The summed E-state index contributed by atoms with van der Waals surface area (Å²) in [6.07, 6.45) is 1.05. The van der Waals surface area contributed by atoms with Crippen LogP contribution in [0.3, 0.4) is 0 Å². The summed E-state index contributed by atoms with van der Waals surface area (Å²) < 4.78 is 6.83.